The van der Waals surface area contributed by atoms with Gasteiger partial charge in [-0.2, -0.15) is 0 Å². The van der Waals surface area contributed by atoms with E-state index in [-0.39, 0.29) is 28.8 Å². The number of hydrogen-bond donors (Lipinski definition) is 1. The molecule has 2 aromatic rings. The average Bonchev–Trinajstić information content (AvgIpc) is 2.40. The number of nitro groups is 1. The van der Waals surface area contributed by atoms with E-state index >= 15 is 0 Å². The Hall–Kier alpha value is -2.18. The second-order valence-electron chi connectivity index (χ2n) is 3.94. The first-order valence-corrected chi connectivity index (χ1v) is 5.99. The van der Waals surface area contributed by atoms with E-state index in [1.54, 1.807) is 6.07 Å². The van der Waals surface area contributed by atoms with Gasteiger partial charge < -0.3 is 10.5 Å². The summed E-state index contributed by atoms with van der Waals surface area (Å²) in [5.74, 6) is -0.366. The zero-order valence-electron chi connectivity index (χ0n) is 10.2. The van der Waals surface area contributed by atoms with Gasteiger partial charge in [0.15, 0.2) is 11.6 Å². The lowest BCUT2D eigenvalue weighted by atomic mass is 10.2. The summed E-state index contributed by atoms with van der Waals surface area (Å²) in [6.45, 7) is 0.223. The van der Waals surface area contributed by atoms with E-state index in [1.165, 1.54) is 30.3 Å². The fraction of sp³-hybridized carbons (Fsp3) is 0.0769. The van der Waals surface area contributed by atoms with Gasteiger partial charge in [-0.3, -0.25) is 10.1 Å². The Morgan fingerprint density at radius 2 is 2.05 bits per heavy atom. The van der Waals surface area contributed by atoms with Crippen LogP contribution < -0.4 is 10.5 Å². The lowest BCUT2D eigenvalue weighted by molar-refractivity contribution is -0.384. The average molecular weight is 297 g/mol. The highest BCUT2D eigenvalue weighted by Crippen LogP contribution is 2.32. The summed E-state index contributed by atoms with van der Waals surface area (Å²) in [6, 6.07) is 8.14. The van der Waals surface area contributed by atoms with Crippen LogP contribution in [0.4, 0.5) is 10.1 Å². The number of ether oxygens (including phenoxy) is 1. The summed E-state index contributed by atoms with van der Waals surface area (Å²) in [5, 5.41) is 10.5. The maximum atomic E-state index is 13.7. The molecule has 0 fully saturated rings. The van der Waals surface area contributed by atoms with Gasteiger partial charge in [-0.25, -0.2) is 4.39 Å². The Balaban J connectivity index is 2.26. The molecule has 2 N–H and O–H groups in total. The van der Waals surface area contributed by atoms with E-state index in [0.717, 1.165) is 0 Å². The monoisotopic (exact) mass is 296 g/mol. The van der Waals surface area contributed by atoms with E-state index in [0.29, 0.717) is 5.56 Å². The highest BCUT2D eigenvalue weighted by atomic mass is 35.5. The van der Waals surface area contributed by atoms with E-state index in [4.69, 9.17) is 22.1 Å². The van der Waals surface area contributed by atoms with Crippen molar-refractivity contribution in [3.8, 4) is 11.5 Å². The minimum atomic E-state index is -0.608. The number of hydrogen-bond acceptors (Lipinski definition) is 4. The second kappa shape index (κ2) is 5.85. The molecule has 0 spiro atoms. The molecule has 0 aromatic heterocycles. The van der Waals surface area contributed by atoms with Crippen LogP contribution in [-0.2, 0) is 6.54 Å². The van der Waals surface area contributed by atoms with Crippen molar-refractivity contribution in [1.82, 2.24) is 0 Å². The summed E-state index contributed by atoms with van der Waals surface area (Å²) in [7, 11) is 0. The molecule has 20 heavy (non-hydrogen) atoms. The van der Waals surface area contributed by atoms with Gasteiger partial charge >= 0.3 is 0 Å². The first-order valence-electron chi connectivity index (χ1n) is 5.61. The summed E-state index contributed by atoms with van der Waals surface area (Å²) >= 11 is 5.75. The van der Waals surface area contributed by atoms with Gasteiger partial charge in [0.25, 0.3) is 5.69 Å². The minimum Gasteiger partial charge on any atom is -0.454 e. The molecule has 2 aromatic carbocycles. The van der Waals surface area contributed by atoms with E-state index in [1.807, 2.05) is 0 Å². The Labute approximate surface area is 118 Å². The number of nitrogens with zero attached hydrogens (tertiary/aromatic N) is 1. The molecule has 0 atom stereocenters. The molecule has 0 bridgehead atoms. The molecule has 0 radical (unpaired) electrons. The minimum absolute atomic E-state index is 0.00730. The predicted octanol–water partition coefficient (Wildman–Crippen LogP) is 3.64. The molecule has 0 unspecified atom stereocenters. The third-order valence-electron chi connectivity index (χ3n) is 2.58. The van der Waals surface area contributed by atoms with Crippen molar-refractivity contribution >= 4 is 17.3 Å². The molecule has 104 valence electrons. The van der Waals surface area contributed by atoms with Crippen molar-refractivity contribution in [3.63, 3.8) is 0 Å². The van der Waals surface area contributed by atoms with Crippen LogP contribution in [0.15, 0.2) is 36.4 Å². The SMILES string of the molecule is NCc1ccc(Oc2ccc([N+](=O)[O-])c(Cl)c2)c(F)c1. The van der Waals surface area contributed by atoms with Gasteiger partial charge in [-0.05, 0) is 23.8 Å². The number of nitrogens with two attached hydrogens (primary N) is 1. The molecule has 0 saturated carbocycles. The Morgan fingerprint density at radius 1 is 1.30 bits per heavy atom. The molecule has 0 saturated heterocycles. The largest absolute Gasteiger partial charge is 0.454 e. The lowest BCUT2D eigenvalue weighted by Gasteiger charge is -2.08. The standard InChI is InChI=1S/C13H10ClFN2O3/c14-10-6-9(2-3-12(10)17(18)19)20-13-4-1-8(7-16)5-11(13)15/h1-6H,7,16H2. The molecule has 7 heteroatoms. The van der Waals surface area contributed by atoms with Crippen LogP contribution in [0.3, 0.4) is 0 Å². The van der Waals surface area contributed by atoms with Crippen molar-refractivity contribution < 1.29 is 14.1 Å². The van der Waals surface area contributed by atoms with Crippen LogP contribution >= 0.6 is 11.6 Å². The van der Waals surface area contributed by atoms with Crippen LogP contribution in [0.25, 0.3) is 0 Å². The molecule has 2 rings (SSSR count). The fourth-order valence-electron chi connectivity index (χ4n) is 1.58. The number of benzene rings is 2. The Kier molecular flexibility index (Phi) is 4.16. The molecule has 0 amide bonds. The molecule has 5 nitrogen and oxygen atoms in total. The number of nitro benzene ring substituents is 1. The number of rotatable bonds is 4. The maximum absolute atomic E-state index is 13.7. The van der Waals surface area contributed by atoms with E-state index in [2.05, 4.69) is 0 Å². The molecular weight excluding hydrogens is 287 g/mol. The van der Waals surface area contributed by atoms with Gasteiger partial charge in [0.05, 0.1) is 4.92 Å². The zero-order chi connectivity index (χ0) is 14.7. The first-order chi connectivity index (χ1) is 9.51. The third-order valence-corrected chi connectivity index (χ3v) is 2.88. The quantitative estimate of drug-likeness (QED) is 0.690. The molecule has 0 aliphatic heterocycles. The van der Waals surface area contributed by atoms with Crippen LogP contribution in [-0.4, -0.2) is 4.92 Å². The fourth-order valence-corrected chi connectivity index (χ4v) is 1.82. The third kappa shape index (κ3) is 3.04. The Bertz CT molecular complexity index is 664. The maximum Gasteiger partial charge on any atom is 0.288 e. The van der Waals surface area contributed by atoms with Crippen molar-refractivity contribution in [1.29, 1.82) is 0 Å². The van der Waals surface area contributed by atoms with Gasteiger partial charge in [-0.1, -0.05) is 17.7 Å². The molecular formula is C13H10ClFN2O3. The van der Waals surface area contributed by atoms with Gasteiger partial charge in [0, 0.05) is 18.7 Å². The highest BCUT2D eigenvalue weighted by Gasteiger charge is 2.14. The van der Waals surface area contributed by atoms with Crippen LogP contribution in [0, 0.1) is 15.9 Å². The zero-order valence-corrected chi connectivity index (χ0v) is 10.9. The predicted molar refractivity (Wildman–Crippen MR) is 72.5 cm³/mol. The topological polar surface area (TPSA) is 78.4 Å². The normalized spacial score (nSPS) is 10.3. The highest BCUT2D eigenvalue weighted by molar-refractivity contribution is 6.32. The van der Waals surface area contributed by atoms with Gasteiger partial charge in [-0.15, -0.1) is 0 Å². The van der Waals surface area contributed by atoms with Gasteiger partial charge in [0.2, 0.25) is 0 Å². The first kappa shape index (κ1) is 14.2. The van der Waals surface area contributed by atoms with E-state index < -0.39 is 10.7 Å². The number of halogens is 2. The lowest BCUT2D eigenvalue weighted by Crippen LogP contribution is -1.98. The summed E-state index contributed by atoms with van der Waals surface area (Å²) in [6.07, 6.45) is 0. The molecule has 0 heterocycles. The molecule has 0 aliphatic rings. The summed E-state index contributed by atoms with van der Waals surface area (Å²) in [5.41, 5.74) is 5.80. The van der Waals surface area contributed by atoms with Crippen molar-refractivity contribution in [2.45, 2.75) is 6.54 Å². The van der Waals surface area contributed by atoms with Crippen molar-refractivity contribution in [2.75, 3.05) is 0 Å². The van der Waals surface area contributed by atoms with E-state index in [9.17, 15) is 14.5 Å². The Morgan fingerprint density at radius 3 is 2.60 bits per heavy atom. The van der Waals surface area contributed by atoms with Gasteiger partial charge in [0.1, 0.15) is 10.8 Å². The van der Waals surface area contributed by atoms with Crippen LogP contribution in [0.1, 0.15) is 5.56 Å². The smallest absolute Gasteiger partial charge is 0.288 e. The van der Waals surface area contributed by atoms with Crippen molar-refractivity contribution in [3.05, 3.63) is 62.9 Å². The van der Waals surface area contributed by atoms with Crippen LogP contribution in [0.5, 0.6) is 11.5 Å². The van der Waals surface area contributed by atoms with Crippen molar-refractivity contribution in [2.24, 2.45) is 5.73 Å². The molecule has 0 aliphatic carbocycles. The van der Waals surface area contributed by atoms with Crippen LogP contribution in [0.2, 0.25) is 5.02 Å². The summed E-state index contributed by atoms with van der Waals surface area (Å²) < 4.78 is 19.0. The second-order valence-corrected chi connectivity index (χ2v) is 4.35. The summed E-state index contributed by atoms with van der Waals surface area (Å²) in [4.78, 5) is 10.0.